The fraction of sp³-hybridized carbons (Fsp3) is 0.263. The molecule has 1 saturated heterocycles. The lowest BCUT2D eigenvalue weighted by molar-refractivity contribution is 0.0698. The molecule has 0 saturated carbocycles. The standard InChI is InChI=1S/C19H17Cl3N2O2/c20-12-5-6-15(17(22)11-12)19(26)24-9-7-13(8-10-24)23-18(25)14-3-1-2-4-16(14)21/h1-6,11,13H,7-10H2,(H,23,25). The van der Waals surface area contributed by atoms with Gasteiger partial charge >= 0.3 is 0 Å². The summed E-state index contributed by atoms with van der Waals surface area (Å²) in [5.41, 5.74) is 0.898. The Balaban J connectivity index is 1.58. The largest absolute Gasteiger partial charge is 0.349 e. The fourth-order valence-corrected chi connectivity index (χ4v) is 3.68. The number of likely N-dealkylation sites (tertiary alicyclic amines) is 1. The van der Waals surface area contributed by atoms with Crippen molar-refractivity contribution in [1.82, 2.24) is 10.2 Å². The summed E-state index contributed by atoms with van der Waals surface area (Å²) in [4.78, 5) is 26.7. The van der Waals surface area contributed by atoms with Crippen LogP contribution in [0.5, 0.6) is 0 Å². The number of piperidine rings is 1. The molecule has 0 spiro atoms. The normalized spacial score (nSPS) is 15.0. The monoisotopic (exact) mass is 410 g/mol. The van der Waals surface area contributed by atoms with E-state index in [1.54, 1.807) is 47.4 Å². The lowest BCUT2D eigenvalue weighted by Crippen LogP contribution is -2.46. The molecule has 1 aliphatic rings. The van der Waals surface area contributed by atoms with Gasteiger partial charge in [-0.15, -0.1) is 0 Å². The van der Waals surface area contributed by atoms with Crippen molar-refractivity contribution in [2.75, 3.05) is 13.1 Å². The molecule has 1 heterocycles. The molecular weight excluding hydrogens is 395 g/mol. The van der Waals surface area contributed by atoms with Crippen molar-refractivity contribution >= 4 is 46.6 Å². The van der Waals surface area contributed by atoms with Gasteiger partial charge in [0.1, 0.15) is 0 Å². The molecule has 4 nitrogen and oxygen atoms in total. The number of nitrogens with one attached hydrogen (secondary N) is 1. The summed E-state index contributed by atoms with van der Waals surface area (Å²) < 4.78 is 0. The van der Waals surface area contributed by atoms with E-state index in [0.29, 0.717) is 52.1 Å². The Morgan fingerprint density at radius 3 is 2.27 bits per heavy atom. The van der Waals surface area contributed by atoms with Crippen LogP contribution in [0.15, 0.2) is 42.5 Å². The van der Waals surface area contributed by atoms with E-state index in [-0.39, 0.29) is 17.9 Å². The van der Waals surface area contributed by atoms with Crippen LogP contribution in [0.4, 0.5) is 0 Å². The number of amides is 2. The molecule has 0 aromatic heterocycles. The summed E-state index contributed by atoms with van der Waals surface area (Å²) in [6.45, 7) is 1.09. The lowest BCUT2D eigenvalue weighted by atomic mass is 10.0. The Bertz CT molecular complexity index is 833. The van der Waals surface area contributed by atoms with Gasteiger partial charge in [0.05, 0.1) is 21.2 Å². The first-order valence-electron chi connectivity index (χ1n) is 8.25. The van der Waals surface area contributed by atoms with Crippen molar-refractivity contribution in [3.05, 3.63) is 68.7 Å². The van der Waals surface area contributed by atoms with Gasteiger partial charge in [-0.25, -0.2) is 0 Å². The first-order valence-corrected chi connectivity index (χ1v) is 9.39. The second-order valence-corrected chi connectivity index (χ2v) is 7.39. The van der Waals surface area contributed by atoms with Crippen LogP contribution in [0.2, 0.25) is 15.1 Å². The molecule has 2 amide bonds. The van der Waals surface area contributed by atoms with Crippen molar-refractivity contribution < 1.29 is 9.59 Å². The lowest BCUT2D eigenvalue weighted by Gasteiger charge is -2.32. The van der Waals surface area contributed by atoms with Crippen LogP contribution in [0.3, 0.4) is 0 Å². The second kappa shape index (κ2) is 8.30. The van der Waals surface area contributed by atoms with Crippen LogP contribution < -0.4 is 5.32 Å². The van der Waals surface area contributed by atoms with Crippen molar-refractivity contribution in [1.29, 1.82) is 0 Å². The van der Waals surface area contributed by atoms with Crippen molar-refractivity contribution in [3.8, 4) is 0 Å². The van der Waals surface area contributed by atoms with E-state index in [0.717, 1.165) is 0 Å². The molecular formula is C19H17Cl3N2O2. The maximum atomic E-state index is 12.6. The smallest absolute Gasteiger partial charge is 0.255 e. The van der Waals surface area contributed by atoms with E-state index in [4.69, 9.17) is 34.8 Å². The molecule has 0 radical (unpaired) electrons. The highest BCUT2D eigenvalue weighted by Crippen LogP contribution is 2.24. The number of hydrogen-bond acceptors (Lipinski definition) is 2. The molecule has 7 heteroatoms. The molecule has 0 unspecified atom stereocenters. The molecule has 3 rings (SSSR count). The summed E-state index contributed by atoms with van der Waals surface area (Å²) in [5.74, 6) is -0.316. The van der Waals surface area contributed by atoms with Crippen molar-refractivity contribution in [2.24, 2.45) is 0 Å². The third kappa shape index (κ3) is 4.32. The average molecular weight is 412 g/mol. The summed E-state index contributed by atoms with van der Waals surface area (Å²) in [5, 5.41) is 4.25. The number of rotatable bonds is 3. The molecule has 2 aromatic rings. The fourth-order valence-electron chi connectivity index (χ4n) is 2.97. The van der Waals surface area contributed by atoms with Crippen LogP contribution >= 0.6 is 34.8 Å². The number of carbonyl (C=O) groups excluding carboxylic acids is 2. The molecule has 1 N–H and O–H groups in total. The minimum atomic E-state index is -0.193. The maximum absolute atomic E-state index is 12.6. The van der Waals surface area contributed by atoms with E-state index < -0.39 is 0 Å². The first-order chi connectivity index (χ1) is 12.5. The molecule has 0 atom stereocenters. The third-order valence-electron chi connectivity index (χ3n) is 4.40. The van der Waals surface area contributed by atoms with Gasteiger partial charge < -0.3 is 10.2 Å². The molecule has 2 aromatic carbocycles. The third-order valence-corrected chi connectivity index (χ3v) is 5.27. The van der Waals surface area contributed by atoms with Crippen molar-refractivity contribution in [3.63, 3.8) is 0 Å². The summed E-state index contributed by atoms with van der Waals surface area (Å²) in [6, 6.07) is 11.8. The predicted molar refractivity (Wildman–Crippen MR) is 104 cm³/mol. The van der Waals surface area contributed by atoms with Gasteiger partial charge in [0, 0.05) is 24.2 Å². The van der Waals surface area contributed by atoms with Gasteiger partial charge in [-0.2, -0.15) is 0 Å². The first kappa shape index (κ1) is 19.0. The minimum Gasteiger partial charge on any atom is -0.349 e. The van der Waals surface area contributed by atoms with E-state index in [9.17, 15) is 9.59 Å². The van der Waals surface area contributed by atoms with Crippen molar-refractivity contribution in [2.45, 2.75) is 18.9 Å². The number of benzene rings is 2. The van der Waals surface area contributed by atoms with E-state index in [2.05, 4.69) is 5.32 Å². The van der Waals surface area contributed by atoms with Gasteiger partial charge in [0.2, 0.25) is 0 Å². The molecule has 0 aliphatic carbocycles. The molecule has 1 fully saturated rings. The molecule has 0 bridgehead atoms. The molecule has 1 aliphatic heterocycles. The average Bonchev–Trinajstić information content (AvgIpc) is 2.62. The van der Waals surface area contributed by atoms with Gasteiger partial charge in [-0.3, -0.25) is 9.59 Å². The molecule has 136 valence electrons. The summed E-state index contributed by atoms with van der Waals surface area (Å²) in [7, 11) is 0. The minimum absolute atomic E-state index is 0.00325. The molecule has 26 heavy (non-hydrogen) atoms. The quantitative estimate of drug-likeness (QED) is 0.797. The number of hydrogen-bond donors (Lipinski definition) is 1. The number of nitrogens with zero attached hydrogens (tertiary/aromatic N) is 1. The zero-order valence-corrected chi connectivity index (χ0v) is 16.1. The number of halogens is 3. The highest BCUT2D eigenvalue weighted by atomic mass is 35.5. The van der Waals surface area contributed by atoms with E-state index in [1.165, 1.54) is 0 Å². The van der Waals surface area contributed by atoms with Crippen LogP contribution in [-0.4, -0.2) is 35.8 Å². The predicted octanol–water partition coefficient (Wildman–Crippen LogP) is 4.68. The Morgan fingerprint density at radius 1 is 0.923 bits per heavy atom. The highest BCUT2D eigenvalue weighted by Gasteiger charge is 2.26. The zero-order chi connectivity index (χ0) is 18.7. The maximum Gasteiger partial charge on any atom is 0.255 e. The Labute approximate surface area is 167 Å². The SMILES string of the molecule is O=C(NC1CCN(C(=O)c2ccc(Cl)cc2Cl)CC1)c1ccccc1Cl. The summed E-state index contributed by atoms with van der Waals surface area (Å²) >= 11 is 18.1. The van der Waals surface area contributed by atoms with Crippen LogP contribution in [0.25, 0.3) is 0 Å². The van der Waals surface area contributed by atoms with E-state index >= 15 is 0 Å². The van der Waals surface area contributed by atoms with Gasteiger partial charge in [0.25, 0.3) is 11.8 Å². The summed E-state index contributed by atoms with van der Waals surface area (Å²) in [6.07, 6.45) is 1.35. The van der Waals surface area contributed by atoms with Gasteiger partial charge in [0.15, 0.2) is 0 Å². The van der Waals surface area contributed by atoms with Gasteiger partial charge in [-0.05, 0) is 43.2 Å². The van der Waals surface area contributed by atoms with Crippen LogP contribution in [-0.2, 0) is 0 Å². The Morgan fingerprint density at radius 2 is 1.62 bits per heavy atom. The second-order valence-electron chi connectivity index (χ2n) is 6.14. The van der Waals surface area contributed by atoms with Crippen LogP contribution in [0.1, 0.15) is 33.6 Å². The van der Waals surface area contributed by atoms with E-state index in [1.807, 2.05) is 0 Å². The Kier molecular flexibility index (Phi) is 6.07. The number of carbonyl (C=O) groups is 2. The Hall–Kier alpha value is -1.75. The highest BCUT2D eigenvalue weighted by molar-refractivity contribution is 6.36. The van der Waals surface area contributed by atoms with Crippen LogP contribution in [0, 0.1) is 0 Å². The zero-order valence-electron chi connectivity index (χ0n) is 13.8. The van der Waals surface area contributed by atoms with Gasteiger partial charge in [-0.1, -0.05) is 46.9 Å². The topological polar surface area (TPSA) is 49.4 Å².